The summed E-state index contributed by atoms with van der Waals surface area (Å²) in [5.41, 5.74) is 1.55. The summed E-state index contributed by atoms with van der Waals surface area (Å²) in [5.74, 6) is 2.09. The molecule has 0 spiro atoms. The minimum absolute atomic E-state index is 0.187. The lowest BCUT2D eigenvalue weighted by molar-refractivity contribution is -0.0756. The summed E-state index contributed by atoms with van der Waals surface area (Å²) in [5, 5.41) is 0. The Morgan fingerprint density at radius 1 is 1.00 bits per heavy atom. The van der Waals surface area contributed by atoms with Crippen molar-refractivity contribution in [1.82, 2.24) is 0 Å². The van der Waals surface area contributed by atoms with Gasteiger partial charge in [0.25, 0.3) is 0 Å². The number of methoxy groups -OCH3 is 1. The second-order valence-corrected chi connectivity index (χ2v) is 7.15. The van der Waals surface area contributed by atoms with Crippen LogP contribution in [0.15, 0.2) is 24.3 Å². The van der Waals surface area contributed by atoms with E-state index in [1.165, 1.54) is 5.56 Å². The van der Waals surface area contributed by atoms with Crippen LogP contribution < -0.4 is 4.74 Å². The first-order valence-electron chi connectivity index (χ1n) is 7.52. The molecule has 2 unspecified atom stereocenters. The summed E-state index contributed by atoms with van der Waals surface area (Å²) >= 11 is 0. The lowest BCUT2D eigenvalue weighted by atomic mass is 9.90. The summed E-state index contributed by atoms with van der Waals surface area (Å²) in [6.07, 6.45) is 0.677. The van der Waals surface area contributed by atoms with Crippen molar-refractivity contribution < 1.29 is 9.47 Å². The largest absolute Gasteiger partial charge is 0.465 e. The Morgan fingerprint density at radius 2 is 1.55 bits per heavy atom. The monoisotopic (exact) mass is 278 g/mol. The van der Waals surface area contributed by atoms with E-state index >= 15 is 0 Å². The van der Waals surface area contributed by atoms with E-state index in [2.05, 4.69) is 53.7 Å². The van der Waals surface area contributed by atoms with Crippen molar-refractivity contribution in [2.24, 2.45) is 11.3 Å². The fraction of sp³-hybridized carbons (Fsp3) is 0.667. The first kappa shape index (κ1) is 17.0. The standard InChI is InChI=1S/C18H30O2/c1-13(2)14(3)15-8-10-16(11-9-15)20-17(19-7)12-18(4,5)6/h8-11,13-14,17H,12H2,1-7H3. The molecule has 0 fully saturated rings. The minimum Gasteiger partial charge on any atom is -0.465 e. The van der Waals surface area contributed by atoms with Gasteiger partial charge < -0.3 is 9.47 Å². The predicted molar refractivity (Wildman–Crippen MR) is 85.2 cm³/mol. The summed E-state index contributed by atoms with van der Waals surface area (Å²) in [7, 11) is 1.70. The molecule has 0 heterocycles. The van der Waals surface area contributed by atoms with E-state index in [1.54, 1.807) is 7.11 Å². The van der Waals surface area contributed by atoms with E-state index in [1.807, 2.05) is 12.1 Å². The van der Waals surface area contributed by atoms with E-state index in [9.17, 15) is 0 Å². The van der Waals surface area contributed by atoms with Crippen LogP contribution in [0.2, 0.25) is 0 Å². The molecular weight excluding hydrogens is 248 g/mol. The number of hydrogen-bond donors (Lipinski definition) is 0. The molecule has 0 N–H and O–H groups in total. The Hall–Kier alpha value is -1.02. The molecule has 1 rings (SSSR count). The number of ether oxygens (including phenoxy) is 2. The van der Waals surface area contributed by atoms with Crippen LogP contribution >= 0.6 is 0 Å². The zero-order valence-corrected chi connectivity index (χ0v) is 14.1. The zero-order valence-electron chi connectivity index (χ0n) is 14.1. The van der Waals surface area contributed by atoms with Crippen molar-refractivity contribution in [3.05, 3.63) is 29.8 Å². The Labute approximate surface area is 124 Å². The Kier molecular flexibility index (Phi) is 6.07. The Bertz CT molecular complexity index is 387. The topological polar surface area (TPSA) is 18.5 Å². The highest BCUT2D eigenvalue weighted by atomic mass is 16.7. The van der Waals surface area contributed by atoms with Crippen molar-refractivity contribution >= 4 is 0 Å². The van der Waals surface area contributed by atoms with E-state index in [0.29, 0.717) is 11.8 Å². The molecule has 1 aromatic carbocycles. The average molecular weight is 278 g/mol. The fourth-order valence-corrected chi connectivity index (χ4v) is 2.06. The fourth-order valence-electron chi connectivity index (χ4n) is 2.06. The molecule has 0 radical (unpaired) electrons. The average Bonchev–Trinajstić information content (AvgIpc) is 2.36. The third kappa shape index (κ3) is 5.54. The molecule has 0 aliphatic carbocycles. The second-order valence-electron chi connectivity index (χ2n) is 7.15. The highest BCUT2D eigenvalue weighted by Gasteiger charge is 2.20. The highest BCUT2D eigenvalue weighted by molar-refractivity contribution is 5.29. The van der Waals surface area contributed by atoms with Crippen LogP contribution in [0.1, 0.15) is 59.4 Å². The molecule has 2 heteroatoms. The lowest BCUT2D eigenvalue weighted by Crippen LogP contribution is -2.25. The van der Waals surface area contributed by atoms with Gasteiger partial charge in [-0.3, -0.25) is 0 Å². The maximum absolute atomic E-state index is 5.91. The molecule has 0 saturated heterocycles. The number of hydrogen-bond acceptors (Lipinski definition) is 2. The highest BCUT2D eigenvalue weighted by Crippen LogP contribution is 2.27. The van der Waals surface area contributed by atoms with E-state index in [0.717, 1.165) is 12.2 Å². The van der Waals surface area contributed by atoms with Gasteiger partial charge in [0.15, 0.2) is 6.29 Å². The molecule has 20 heavy (non-hydrogen) atoms. The molecule has 2 nitrogen and oxygen atoms in total. The molecule has 0 aliphatic heterocycles. The van der Waals surface area contributed by atoms with Crippen LogP contribution in [0.5, 0.6) is 5.75 Å². The molecule has 0 aliphatic rings. The van der Waals surface area contributed by atoms with Crippen LogP contribution in [0.25, 0.3) is 0 Å². The maximum atomic E-state index is 5.91. The van der Waals surface area contributed by atoms with Gasteiger partial charge in [0.2, 0.25) is 0 Å². The molecule has 0 saturated carbocycles. The molecule has 0 bridgehead atoms. The molecule has 0 aromatic heterocycles. The minimum atomic E-state index is -0.191. The molecule has 2 atom stereocenters. The molecule has 0 amide bonds. The molecule has 114 valence electrons. The summed E-state index contributed by atoms with van der Waals surface area (Å²) < 4.78 is 11.3. The van der Waals surface area contributed by atoms with Gasteiger partial charge in [0.05, 0.1) is 0 Å². The first-order chi connectivity index (χ1) is 9.23. The van der Waals surface area contributed by atoms with Crippen LogP contribution in [0.3, 0.4) is 0 Å². The van der Waals surface area contributed by atoms with Crippen molar-refractivity contribution in [1.29, 1.82) is 0 Å². The van der Waals surface area contributed by atoms with Gasteiger partial charge in [0, 0.05) is 13.5 Å². The van der Waals surface area contributed by atoms with Gasteiger partial charge in [-0.25, -0.2) is 0 Å². The van der Waals surface area contributed by atoms with E-state index in [4.69, 9.17) is 9.47 Å². The van der Waals surface area contributed by atoms with Gasteiger partial charge in [-0.15, -0.1) is 0 Å². The zero-order chi connectivity index (χ0) is 15.3. The van der Waals surface area contributed by atoms with Gasteiger partial charge >= 0.3 is 0 Å². The summed E-state index contributed by atoms with van der Waals surface area (Å²) in [6.45, 7) is 13.3. The lowest BCUT2D eigenvalue weighted by Gasteiger charge is -2.25. The third-order valence-corrected chi connectivity index (χ3v) is 3.72. The number of rotatable bonds is 6. The van der Waals surface area contributed by atoms with E-state index < -0.39 is 0 Å². The predicted octanol–water partition coefficient (Wildman–Crippen LogP) is 5.23. The quantitative estimate of drug-likeness (QED) is 0.663. The van der Waals surface area contributed by atoms with Gasteiger partial charge in [-0.2, -0.15) is 0 Å². The Balaban J connectivity index is 2.69. The van der Waals surface area contributed by atoms with Crippen molar-refractivity contribution in [3.63, 3.8) is 0 Å². The SMILES string of the molecule is COC(CC(C)(C)C)Oc1ccc(C(C)C(C)C)cc1. The number of benzene rings is 1. The second kappa shape index (κ2) is 7.12. The summed E-state index contributed by atoms with van der Waals surface area (Å²) in [6, 6.07) is 8.40. The summed E-state index contributed by atoms with van der Waals surface area (Å²) in [4.78, 5) is 0. The van der Waals surface area contributed by atoms with Crippen LogP contribution in [-0.4, -0.2) is 13.4 Å². The first-order valence-corrected chi connectivity index (χ1v) is 7.52. The third-order valence-electron chi connectivity index (χ3n) is 3.72. The van der Waals surface area contributed by atoms with Gasteiger partial charge in [0.1, 0.15) is 5.75 Å². The van der Waals surface area contributed by atoms with Crippen molar-refractivity contribution in [2.45, 2.75) is 60.2 Å². The smallest absolute Gasteiger partial charge is 0.200 e. The Morgan fingerprint density at radius 3 is 1.95 bits per heavy atom. The molecule has 1 aromatic rings. The van der Waals surface area contributed by atoms with Crippen LogP contribution in [0.4, 0.5) is 0 Å². The van der Waals surface area contributed by atoms with E-state index in [-0.39, 0.29) is 11.7 Å². The normalized spacial score (nSPS) is 15.2. The van der Waals surface area contributed by atoms with Gasteiger partial charge in [-0.05, 0) is 34.9 Å². The van der Waals surface area contributed by atoms with Crippen molar-refractivity contribution in [3.8, 4) is 5.75 Å². The van der Waals surface area contributed by atoms with Crippen molar-refractivity contribution in [2.75, 3.05) is 7.11 Å². The molecular formula is C18H30O2. The van der Waals surface area contributed by atoms with Crippen LogP contribution in [-0.2, 0) is 4.74 Å². The van der Waals surface area contributed by atoms with Crippen LogP contribution in [0, 0.1) is 11.3 Å². The maximum Gasteiger partial charge on any atom is 0.200 e. The van der Waals surface area contributed by atoms with Gasteiger partial charge in [-0.1, -0.05) is 53.7 Å².